The van der Waals surface area contributed by atoms with E-state index in [9.17, 15) is 4.79 Å². The van der Waals surface area contributed by atoms with Crippen molar-refractivity contribution < 1.29 is 4.74 Å². The molecule has 5 rings (SSSR count). The minimum Gasteiger partial charge on any atom is -0.382 e. The van der Waals surface area contributed by atoms with E-state index in [0.717, 1.165) is 43.0 Å². The molecule has 4 heterocycles. The van der Waals surface area contributed by atoms with Gasteiger partial charge in [0.25, 0.3) is 5.56 Å². The van der Waals surface area contributed by atoms with E-state index in [1.54, 1.807) is 0 Å². The minimum atomic E-state index is -0.0891. The number of nitrogen functional groups attached to an aromatic ring is 1. The first-order chi connectivity index (χ1) is 13.5. The molecule has 0 aromatic carbocycles. The van der Waals surface area contributed by atoms with E-state index in [1.165, 1.54) is 0 Å². The first kappa shape index (κ1) is 17.3. The van der Waals surface area contributed by atoms with Gasteiger partial charge in [-0.3, -0.25) is 14.6 Å². The van der Waals surface area contributed by atoms with Crippen LogP contribution in [-0.4, -0.2) is 50.8 Å². The number of aryl methyl sites for hydroxylation is 1. The van der Waals surface area contributed by atoms with Crippen molar-refractivity contribution in [3.8, 4) is 11.3 Å². The number of aromatic amines is 1. The van der Waals surface area contributed by atoms with Crippen LogP contribution in [0.1, 0.15) is 25.8 Å². The molecule has 0 radical (unpaired) electrons. The number of H-pyrrole nitrogens is 1. The normalized spacial score (nSPS) is 18.7. The van der Waals surface area contributed by atoms with Crippen LogP contribution in [0.5, 0.6) is 0 Å². The van der Waals surface area contributed by atoms with E-state index in [2.05, 4.69) is 28.1 Å². The molecule has 1 unspecified atom stereocenters. The summed E-state index contributed by atoms with van der Waals surface area (Å²) >= 11 is 0. The smallest absolute Gasteiger partial charge is 0.264 e. The van der Waals surface area contributed by atoms with Crippen LogP contribution in [0, 0.1) is 5.92 Å². The van der Waals surface area contributed by atoms with Gasteiger partial charge in [-0.2, -0.15) is 10.2 Å². The van der Waals surface area contributed by atoms with Crippen molar-refractivity contribution in [3.63, 3.8) is 0 Å². The topological polar surface area (TPSA) is 107 Å². The first-order valence-corrected chi connectivity index (χ1v) is 9.80. The second-order valence-electron chi connectivity index (χ2n) is 7.80. The average molecular weight is 383 g/mol. The molecule has 3 aromatic rings. The van der Waals surface area contributed by atoms with Crippen LogP contribution < -0.4 is 16.2 Å². The highest BCUT2D eigenvalue weighted by Gasteiger charge is 2.31. The molecule has 9 heteroatoms. The van der Waals surface area contributed by atoms with Crippen LogP contribution >= 0.6 is 0 Å². The number of anilines is 2. The highest BCUT2D eigenvalue weighted by Crippen LogP contribution is 2.40. The predicted molar refractivity (Wildman–Crippen MR) is 107 cm³/mol. The van der Waals surface area contributed by atoms with Gasteiger partial charge in [-0.1, -0.05) is 0 Å². The van der Waals surface area contributed by atoms with Gasteiger partial charge in [-0.25, -0.2) is 0 Å². The lowest BCUT2D eigenvalue weighted by Crippen LogP contribution is -2.37. The van der Waals surface area contributed by atoms with Gasteiger partial charge < -0.3 is 19.9 Å². The van der Waals surface area contributed by atoms with Gasteiger partial charge in [-0.15, -0.1) is 0 Å². The summed E-state index contributed by atoms with van der Waals surface area (Å²) in [6.07, 6.45) is 4.23. The quantitative estimate of drug-likeness (QED) is 0.707. The summed E-state index contributed by atoms with van der Waals surface area (Å²) < 4.78 is 9.15. The Morgan fingerprint density at radius 3 is 2.79 bits per heavy atom. The van der Waals surface area contributed by atoms with Gasteiger partial charge in [0.1, 0.15) is 11.2 Å². The van der Waals surface area contributed by atoms with Gasteiger partial charge in [0.2, 0.25) is 0 Å². The predicted octanol–water partition coefficient (Wildman–Crippen LogP) is 1.51. The molecule has 0 amide bonds. The van der Waals surface area contributed by atoms with Crippen molar-refractivity contribution in [2.24, 2.45) is 13.0 Å². The number of nitrogens with two attached hydrogens (primary N) is 1. The molecule has 0 spiro atoms. The van der Waals surface area contributed by atoms with Crippen LogP contribution in [-0.2, 0) is 11.8 Å². The largest absolute Gasteiger partial charge is 0.382 e. The van der Waals surface area contributed by atoms with Gasteiger partial charge >= 0.3 is 0 Å². The molecule has 1 aliphatic carbocycles. The monoisotopic (exact) mass is 383 g/mol. The number of ether oxygens (including phenoxy) is 1. The number of pyridine rings is 1. The molecule has 1 aliphatic heterocycles. The maximum Gasteiger partial charge on any atom is 0.264 e. The molecular formula is C19H25N7O2. The number of nitrogens with zero attached hydrogens (tertiary/aromatic N) is 5. The minimum absolute atomic E-state index is 0.0891. The van der Waals surface area contributed by atoms with Gasteiger partial charge in [0, 0.05) is 44.0 Å². The van der Waals surface area contributed by atoms with Crippen molar-refractivity contribution in [1.82, 2.24) is 24.5 Å². The van der Waals surface area contributed by atoms with E-state index in [-0.39, 0.29) is 17.4 Å². The molecular weight excluding hydrogens is 358 g/mol. The zero-order valence-corrected chi connectivity index (χ0v) is 16.2. The van der Waals surface area contributed by atoms with Crippen LogP contribution in [0.15, 0.2) is 17.1 Å². The van der Waals surface area contributed by atoms with Gasteiger partial charge in [0.05, 0.1) is 24.4 Å². The van der Waals surface area contributed by atoms with Gasteiger partial charge in [-0.05, 0) is 25.7 Å². The van der Waals surface area contributed by atoms with Crippen LogP contribution in [0.2, 0.25) is 0 Å². The number of aromatic nitrogens is 5. The molecule has 1 atom stereocenters. The maximum absolute atomic E-state index is 13.1. The fraction of sp³-hybridized carbons (Fsp3) is 0.526. The molecule has 28 heavy (non-hydrogen) atoms. The summed E-state index contributed by atoms with van der Waals surface area (Å²) in [6, 6.07) is 2.20. The highest BCUT2D eigenvalue weighted by molar-refractivity contribution is 5.97. The van der Waals surface area contributed by atoms with Crippen molar-refractivity contribution in [2.45, 2.75) is 25.8 Å². The zero-order valence-electron chi connectivity index (χ0n) is 16.2. The Morgan fingerprint density at radius 2 is 2.07 bits per heavy atom. The zero-order chi connectivity index (χ0) is 19.4. The Labute approximate surface area is 162 Å². The molecule has 1 saturated heterocycles. The molecule has 0 bridgehead atoms. The SMILES string of the molecule is CC(C1CC1)n1cc(-c2cc(N3CCOCC3)n(C)n2)c2[nH]nc(N)c2c1=O. The lowest BCUT2D eigenvalue weighted by atomic mass is 10.1. The highest BCUT2D eigenvalue weighted by atomic mass is 16.5. The number of hydrogen-bond acceptors (Lipinski definition) is 6. The average Bonchev–Trinajstić information content (AvgIpc) is 3.38. The third-order valence-electron chi connectivity index (χ3n) is 5.99. The van der Waals surface area contributed by atoms with E-state index < -0.39 is 0 Å². The third-order valence-corrected chi connectivity index (χ3v) is 5.99. The van der Waals surface area contributed by atoms with E-state index in [0.29, 0.717) is 30.0 Å². The molecule has 9 nitrogen and oxygen atoms in total. The fourth-order valence-corrected chi connectivity index (χ4v) is 4.14. The lowest BCUT2D eigenvalue weighted by molar-refractivity contribution is 0.122. The molecule has 3 N–H and O–H groups in total. The Hall–Kier alpha value is -2.81. The molecule has 2 aliphatic rings. The molecule has 148 valence electrons. The standard InChI is InChI=1S/C19H25N7O2/c1-11(12-3-4-12)26-10-13(17-16(19(26)27)18(20)22-21-17)14-9-15(24(2)23-14)25-5-7-28-8-6-25/h9-12H,3-8H2,1-2H3,(H3,20,21,22). The Bertz CT molecular complexity index is 1090. The Morgan fingerprint density at radius 1 is 1.32 bits per heavy atom. The second kappa shape index (κ2) is 6.37. The third kappa shape index (κ3) is 2.69. The summed E-state index contributed by atoms with van der Waals surface area (Å²) in [6.45, 7) is 5.20. The molecule has 1 saturated carbocycles. The van der Waals surface area contributed by atoms with Gasteiger partial charge in [0.15, 0.2) is 5.82 Å². The number of fused-ring (bicyclic) bond motifs is 1. The lowest BCUT2D eigenvalue weighted by Gasteiger charge is -2.28. The fourth-order valence-electron chi connectivity index (χ4n) is 4.14. The van der Waals surface area contributed by atoms with Crippen molar-refractivity contribution in [3.05, 3.63) is 22.6 Å². The Kier molecular flexibility index (Phi) is 3.94. The van der Waals surface area contributed by atoms with E-state index in [1.807, 2.05) is 22.5 Å². The molecule has 2 fully saturated rings. The van der Waals surface area contributed by atoms with Crippen LogP contribution in [0.3, 0.4) is 0 Å². The summed E-state index contributed by atoms with van der Waals surface area (Å²) in [5.74, 6) is 1.82. The maximum atomic E-state index is 13.1. The van der Waals surface area contributed by atoms with Crippen molar-refractivity contribution >= 4 is 22.5 Å². The first-order valence-electron chi connectivity index (χ1n) is 9.80. The van der Waals surface area contributed by atoms with Crippen molar-refractivity contribution in [2.75, 3.05) is 36.9 Å². The number of hydrogen-bond donors (Lipinski definition) is 2. The van der Waals surface area contributed by atoms with E-state index in [4.69, 9.17) is 15.6 Å². The summed E-state index contributed by atoms with van der Waals surface area (Å²) in [5, 5.41) is 12.2. The number of morpholine rings is 1. The van der Waals surface area contributed by atoms with Crippen molar-refractivity contribution in [1.29, 1.82) is 0 Å². The Balaban J connectivity index is 1.66. The second-order valence-corrected chi connectivity index (χ2v) is 7.80. The summed E-state index contributed by atoms with van der Waals surface area (Å²) in [7, 11) is 1.94. The summed E-state index contributed by atoms with van der Waals surface area (Å²) in [4.78, 5) is 15.3. The van der Waals surface area contributed by atoms with E-state index >= 15 is 0 Å². The van der Waals surface area contributed by atoms with Crippen LogP contribution in [0.4, 0.5) is 11.6 Å². The number of rotatable bonds is 4. The van der Waals surface area contributed by atoms with Crippen LogP contribution in [0.25, 0.3) is 22.2 Å². The number of nitrogens with one attached hydrogen (secondary N) is 1. The summed E-state index contributed by atoms with van der Waals surface area (Å²) in [5.41, 5.74) is 8.24. The molecule has 3 aromatic heterocycles.